The molecule has 0 aliphatic heterocycles. The van der Waals surface area contributed by atoms with Crippen LogP contribution in [0.4, 0.5) is 5.69 Å². The van der Waals surface area contributed by atoms with Crippen molar-refractivity contribution in [3.8, 4) is 0 Å². The minimum atomic E-state index is -0.359. The van der Waals surface area contributed by atoms with Crippen molar-refractivity contribution in [3.63, 3.8) is 0 Å². The number of hydrogen-bond donors (Lipinski definition) is 0. The summed E-state index contributed by atoms with van der Waals surface area (Å²) in [5, 5.41) is 10.7. The smallest absolute Gasteiger partial charge is 0.258 e. The summed E-state index contributed by atoms with van der Waals surface area (Å²) in [7, 11) is 0. The van der Waals surface area contributed by atoms with Crippen LogP contribution in [-0.2, 0) is 0 Å². The Bertz CT molecular complexity index is 389. The molecule has 0 aromatic heterocycles. The molecule has 0 saturated carbocycles. The van der Waals surface area contributed by atoms with E-state index in [-0.39, 0.29) is 16.0 Å². The standard InChI is InChI=1S/C12H15NO2/c1-12(2,3)9-8-10-6-4-5-7-11(10)13(14)15/h4-9H,1-3H3/b9-8+. The van der Waals surface area contributed by atoms with Crippen LogP contribution in [0.1, 0.15) is 26.3 Å². The van der Waals surface area contributed by atoms with Crippen molar-refractivity contribution in [2.75, 3.05) is 0 Å². The van der Waals surface area contributed by atoms with E-state index in [1.807, 2.05) is 6.08 Å². The fourth-order valence-electron chi connectivity index (χ4n) is 1.13. The number of nitrogens with zero attached hydrogens (tertiary/aromatic N) is 1. The van der Waals surface area contributed by atoms with Crippen molar-refractivity contribution in [1.82, 2.24) is 0 Å². The molecule has 0 N–H and O–H groups in total. The highest BCUT2D eigenvalue weighted by atomic mass is 16.6. The number of rotatable bonds is 2. The number of nitro groups is 1. The average molecular weight is 205 g/mol. The minimum absolute atomic E-state index is 0.0315. The second-order valence-electron chi connectivity index (χ2n) is 4.52. The van der Waals surface area contributed by atoms with Gasteiger partial charge in [-0.1, -0.05) is 45.1 Å². The number of benzene rings is 1. The van der Waals surface area contributed by atoms with Crippen LogP contribution in [0.25, 0.3) is 6.08 Å². The summed E-state index contributed by atoms with van der Waals surface area (Å²) >= 11 is 0. The largest absolute Gasteiger partial charge is 0.276 e. The van der Waals surface area contributed by atoms with Crippen LogP contribution >= 0.6 is 0 Å². The highest BCUT2D eigenvalue weighted by molar-refractivity contribution is 5.60. The van der Waals surface area contributed by atoms with E-state index in [0.29, 0.717) is 5.56 Å². The van der Waals surface area contributed by atoms with Gasteiger partial charge >= 0.3 is 0 Å². The van der Waals surface area contributed by atoms with Gasteiger partial charge in [-0.2, -0.15) is 0 Å². The summed E-state index contributed by atoms with van der Waals surface area (Å²) in [5.41, 5.74) is 0.833. The SMILES string of the molecule is CC(C)(C)/C=C/c1ccccc1[N+](=O)[O-]. The Morgan fingerprint density at radius 3 is 2.40 bits per heavy atom. The summed E-state index contributed by atoms with van der Waals surface area (Å²) in [6.45, 7) is 6.16. The van der Waals surface area contributed by atoms with Crippen LogP contribution < -0.4 is 0 Å². The first-order chi connectivity index (χ1) is 6.90. The fraction of sp³-hybridized carbons (Fsp3) is 0.333. The van der Waals surface area contributed by atoms with Gasteiger partial charge in [0, 0.05) is 6.07 Å². The topological polar surface area (TPSA) is 43.1 Å². The van der Waals surface area contributed by atoms with Crippen molar-refractivity contribution >= 4 is 11.8 Å². The molecule has 1 aromatic carbocycles. The Balaban J connectivity index is 3.05. The Labute approximate surface area is 89.6 Å². The molecule has 1 aromatic rings. The molecule has 0 heterocycles. The second-order valence-corrected chi connectivity index (χ2v) is 4.52. The summed E-state index contributed by atoms with van der Waals surface area (Å²) in [6.07, 6.45) is 3.77. The maximum Gasteiger partial charge on any atom is 0.276 e. The summed E-state index contributed by atoms with van der Waals surface area (Å²) < 4.78 is 0. The van der Waals surface area contributed by atoms with E-state index in [9.17, 15) is 10.1 Å². The lowest BCUT2D eigenvalue weighted by Crippen LogP contribution is -1.98. The molecule has 0 aliphatic rings. The summed E-state index contributed by atoms with van der Waals surface area (Å²) in [5.74, 6) is 0. The second kappa shape index (κ2) is 4.26. The number of allylic oxidation sites excluding steroid dienone is 1. The summed E-state index contributed by atoms with van der Waals surface area (Å²) in [4.78, 5) is 10.4. The van der Waals surface area contributed by atoms with E-state index in [4.69, 9.17) is 0 Å². The van der Waals surface area contributed by atoms with E-state index in [1.54, 1.807) is 24.3 Å². The van der Waals surface area contributed by atoms with E-state index in [1.165, 1.54) is 6.07 Å². The molecule has 0 radical (unpaired) electrons. The highest BCUT2D eigenvalue weighted by Gasteiger charge is 2.10. The number of para-hydroxylation sites is 1. The first-order valence-corrected chi connectivity index (χ1v) is 4.83. The van der Waals surface area contributed by atoms with Gasteiger partial charge in [0.1, 0.15) is 0 Å². The van der Waals surface area contributed by atoms with E-state index >= 15 is 0 Å². The zero-order valence-corrected chi connectivity index (χ0v) is 9.23. The monoisotopic (exact) mass is 205 g/mol. The lowest BCUT2D eigenvalue weighted by Gasteiger charge is -2.10. The Morgan fingerprint density at radius 2 is 1.87 bits per heavy atom. The van der Waals surface area contributed by atoms with Gasteiger partial charge in [-0.3, -0.25) is 10.1 Å². The molecular formula is C12H15NO2. The van der Waals surface area contributed by atoms with Crippen LogP contribution in [0.2, 0.25) is 0 Å². The predicted octanol–water partition coefficient (Wildman–Crippen LogP) is 3.65. The van der Waals surface area contributed by atoms with E-state index < -0.39 is 0 Å². The van der Waals surface area contributed by atoms with Gasteiger partial charge in [-0.05, 0) is 11.5 Å². The quantitative estimate of drug-likeness (QED) is 0.546. The van der Waals surface area contributed by atoms with Crippen molar-refractivity contribution in [3.05, 3.63) is 46.0 Å². The van der Waals surface area contributed by atoms with Crippen LogP contribution in [-0.4, -0.2) is 4.92 Å². The molecule has 0 spiro atoms. The number of nitro benzene ring substituents is 1. The first-order valence-electron chi connectivity index (χ1n) is 4.83. The van der Waals surface area contributed by atoms with E-state index in [0.717, 1.165) is 0 Å². The van der Waals surface area contributed by atoms with Crippen molar-refractivity contribution in [1.29, 1.82) is 0 Å². The lowest BCUT2D eigenvalue weighted by molar-refractivity contribution is -0.385. The molecule has 0 amide bonds. The molecule has 0 unspecified atom stereocenters. The Kier molecular flexibility index (Phi) is 3.24. The van der Waals surface area contributed by atoms with Gasteiger partial charge < -0.3 is 0 Å². The zero-order valence-electron chi connectivity index (χ0n) is 9.23. The van der Waals surface area contributed by atoms with Gasteiger partial charge in [0.2, 0.25) is 0 Å². The van der Waals surface area contributed by atoms with Gasteiger partial charge in [0.25, 0.3) is 5.69 Å². The highest BCUT2D eigenvalue weighted by Crippen LogP contribution is 2.22. The molecule has 15 heavy (non-hydrogen) atoms. The summed E-state index contributed by atoms with van der Waals surface area (Å²) in [6, 6.07) is 6.74. The maximum absolute atomic E-state index is 10.7. The lowest BCUT2D eigenvalue weighted by atomic mass is 9.95. The molecule has 0 atom stereocenters. The zero-order chi connectivity index (χ0) is 11.5. The van der Waals surface area contributed by atoms with Crippen molar-refractivity contribution < 1.29 is 4.92 Å². The fourth-order valence-corrected chi connectivity index (χ4v) is 1.13. The molecule has 0 bridgehead atoms. The molecule has 0 saturated heterocycles. The Morgan fingerprint density at radius 1 is 1.27 bits per heavy atom. The van der Waals surface area contributed by atoms with Gasteiger partial charge in [-0.15, -0.1) is 0 Å². The van der Waals surface area contributed by atoms with Crippen molar-refractivity contribution in [2.24, 2.45) is 5.41 Å². The van der Waals surface area contributed by atoms with Gasteiger partial charge in [-0.25, -0.2) is 0 Å². The molecule has 3 nitrogen and oxygen atoms in total. The molecule has 3 heteroatoms. The third-order valence-electron chi connectivity index (χ3n) is 1.90. The molecular weight excluding hydrogens is 190 g/mol. The molecule has 0 fully saturated rings. The molecule has 1 rings (SSSR count). The maximum atomic E-state index is 10.7. The predicted molar refractivity (Wildman–Crippen MR) is 61.6 cm³/mol. The van der Waals surface area contributed by atoms with Gasteiger partial charge in [0.05, 0.1) is 10.5 Å². The third-order valence-corrected chi connectivity index (χ3v) is 1.90. The van der Waals surface area contributed by atoms with Crippen molar-refractivity contribution in [2.45, 2.75) is 20.8 Å². The molecule has 80 valence electrons. The van der Waals surface area contributed by atoms with E-state index in [2.05, 4.69) is 20.8 Å². The normalized spacial score (nSPS) is 11.9. The van der Waals surface area contributed by atoms with Crippen LogP contribution in [0, 0.1) is 15.5 Å². The third kappa shape index (κ3) is 3.54. The van der Waals surface area contributed by atoms with Crippen LogP contribution in [0.3, 0.4) is 0 Å². The Hall–Kier alpha value is -1.64. The number of hydrogen-bond acceptors (Lipinski definition) is 2. The first kappa shape index (κ1) is 11.4. The average Bonchev–Trinajstić information content (AvgIpc) is 2.14. The molecule has 0 aliphatic carbocycles. The minimum Gasteiger partial charge on any atom is -0.258 e. The van der Waals surface area contributed by atoms with Crippen LogP contribution in [0.5, 0.6) is 0 Å². The van der Waals surface area contributed by atoms with Crippen LogP contribution in [0.15, 0.2) is 30.3 Å². The van der Waals surface area contributed by atoms with Gasteiger partial charge in [0.15, 0.2) is 0 Å².